The minimum Gasteiger partial charge on any atom is -0.382 e. The van der Waals surface area contributed by atoms with E-state index in [0.717, 1.165) is 36.6 Å². The molecule has 2 aromatic rings. The van der Waals surface area contributed by atoms with E-state index in [1.165, 1.54) is 16.8 Å². The minimum absolute atomic E-state index is 0.296. The number of nitrogen functional groups attached to an aromatic ring is 1. The third-order valence-electron chi connectivity index (χ3n) is 3.28. The number of hydrogen-bond acceptors (Lipinski definition) is 4. The summed E-state index contributed by atoms with van der Waals surface area (Å²) < 4.78 is 15.0. The van der Waals surface area contributed by atoms with Gasteiger partial charge in [0, 0.05) is 23.4 Å². The van der Waals surface area contributed by atoms with E-state index in [9.17, 15) is 14.5 Å². The summed E-state index contributed by atoms with van der Waals surface area (Å²) in [6, 6.07) is 3.41. The molecule has 0 unspecified atom stereocenters. The molecule has 6 nitrogen and oxygen atoms in total. The fourth-order valence-electron chi connectivity index (χ4n) is 2.47. The SMILES string of the molecule is Nc1nn(-c2cc(F)cc([N+](=O)[O-])c2)c2c1CCC2. The number of hydrogen-bond donors (Lipinski definition) is 1. The van der Waals surface area contributed by atoms with Crippen LogP contribution in [0.5, 0.6) is 0 Å². The van der Waals surface area contributed by atoms with E-state index in [1.54, 1.807) is 0 Å². The van der Waals surface area contributed by atoms with E-state index < -0.39 is 10.7 Å². The lowest BCUT2D eigenvalue weighted by molar-refractivity contribution is -0.385. The van der Waals surface area contributed by atoms with Crippen LogP contribution in [-0.2, 0) is 12.8 Å². The van der Waals surface area contributed by atoms with E-state index in [4.69, 9.17) is 5.73 Å². The molecule has 7 heteroatoms. The zero-order valence-corrected chi connectivity index (χ0v) is 9.97. The fourth-order valence-corrected chi connectivity index (χ4v) is 2.47. The van der Waals surface area contributed by atoms with Crippen LogP contribution in [0, 0.1) is 15.9 Å². The molecule has 1 aromatic heterocycles. The first-order chi connectivity index (χ1) is 9.06. The first kappa shape index (κ1) is 11.6. The molecule has 98 valence electrons. The molecule has 1 aromatic carbocycles. The Morgan fingerprint density at radius 2 is 2.16 bits per heavy atom. The molecule has 0 atom stereocenters. The summed E-state index contributed by atoms with van der Waals surface area (Å²) in [5.74, 6) is -0.246. The van der Waals surface area contributed by atoms with Crippen molar-refractivity contribution in [1.82, 2.24) is 9.78 Å². The van der Waals surface area contributed by atoms with Crippen molar-refractivity contribution in [2.24, 2.45) is 0 Å². The maximum Gasteiger partial charge on any atom is 0.274 e. The van der Waals surface area contributed by atoms with Crippen LogP contribution in [0.3, 0.4) is 0 Å². The zero-order chi connectivity index (χ0) is 13.6. The monoisotopic (exact) mass is 262 g/mol. The second-order valence-electron chi connectivity index (χ2n) is 4.50. The molecule has 0 radical (unpaired) electrons. The van der Waals surface area contributed by atoms with Gasteiger partial charge in [0.05, 0.1) is 16.7 Å². The number of benzene rings is 1. The number of rotatable bonds is 2. The van der Waals surface area contributed by atoms with Gasteiger partial charge in [-0.2, -0.15) is 5.10 Å². The van der Waals surface area contributed by atoms with Gasteiger partial charge in [0.2, 0.25) is 0 Å². The maximum atomic E-state index is 13.5. The normalized spacial score (nSPS) is 13.5. The number of halogens is 1. The van der Waals surface area contributed by atoms with Crippen molar-refractivity contribution in [3.63, 3.8) is 0 Å². The van der Waals surface area contributed by atoms with Gasteiger partial charge in [-0.25, -0.2) is 9.07 Å². The van der Waals surface area contributed by atoms with Crippen LogP contribution in [-0.4, -0.2) is 14.7 Å². The highest BCUT2D eigenvalue weighted by molar-refractivity contribution is 5.51. The van der Waals surface area contributed by atoms with Crippen LogP contribution in [0.25, 0.3) is 5.69 Å². The first-order valence-electron chi connectivity index (χ1n) is 5.88. The smallest absolute Gasteiger partial charge is 0.274 e. The lowest BCUT2D eigenvalue weighted by Gasteiger charge is -2.05. The predicted octanol–water partition coefficient (Wildman–Crippen LogP) is 1.99. The van der Waals surface area contributed by atoms with Gasteiger partial charge < -0.3 is 5.73 Å². The molecule has 0 spiro atoms. The standard InChI is InChI=1S/C12H11FN4O2/c13-7-4-8(6-9(5-7)17(18)19)16-11-3-1-2-10(11)12(14)15-16/h4-6H,1-3H2,(H2,14,15). The minimum atomic E-state index is -0.662. The average Bonchev–Trinajstić information content (AvgIpc) is 2.93. The summed E-state index contributed by atoms with van der Waals surface area (Å²) in [6.07, 6.45) is 2.61. The topological polar surface area (TPSA) is 87.0 Å². The van der Waals surface area contributed by atoms with Crippen molar-refractivity contribution in [2.45, 2.75) is 19.3 Å². The van der Waals surface area contributed by atoms with E-state index in [2.05, 4.69) is 5.10 Å². The highest BCUT2D eigenvalue weighted by Gasteiger charge is 2.23. The lowest BCUT2D eigenvalue weighted by Crippen LogP contribution is -2.03. The zero-order valence-electron chi connectivity index (χ0n) is 9.97. The number of non-ortho nitro benzene ring substituents is 1. The molecule has 1 heterocycles. The highest BCUT2D eigenvalue weighted by Crippen LogP contribution is 2.30. The van der Waals surface area contributed by atoms with Crippen LogP contribution in [0.4, 0.5) is 15.9 Å². The Balaban J connectivity index is 2.17. The summed E-state index contributed by atoms with van der Waals surface area (Å²) in [6.45, 7) is 0. The molecular formula is C12H11FN4O2. The van der Waals surface area contributed by atoms with Gasteiger partial charge in [0.1, 0.15) is 11.6 Å². The van der Waals surface area contributed by atoms with Crippen molar-refractivity contribution in [3.8, 4) is 5.69 Å². The Bertz CT molecular complexity index is 681. The second-order valence-corrected chi connectivity index (χ2v) is 4.50. The van der Waals surface area contributed by atoms with E-state index in [0.29, 0.717) is 11.5 Å². The van der Waals surface area contributed by atoms with Gasteiger partial charge in [-0.3, -0.25) is 10.1 Å². The van der Waals surface area contributed by atoms with E-state index >= 15 is 0 Å². The number of aromatic nitrogens is 2. The Hall–Kier alpha value is -2.44. The molecule has 1 aliphatic carbocycles. The Morgan fingerprint density at radius 1 is 1.37 bits per heavy atom. The summed E-state index contributed by atoms with van der Waals surface area (Å²) >= 11 is 0. The van der Waals surface area contributed by atoms with Crippen LogP contribution in [0.15, 0.2) is 18.2 Å². The first-order valence-corrected chi connectivity index (χ1v) is 5.88. The number of nitro benzene ring substituents is 1. The molecule has 3 rings (SSSR count). The van der Waals surface area contributed by atoms with Gasteiger partial charge in [0.15, 0.2) is 0 Å². The maximum absolute atomic E-state index is 13.5. The van der Waals surface area contributed by atoms with Gasteiger partial charge >= 0.3 is 0 Å². The van der Waals surface area contributed by atoms with E-state index in [-0.39, 0.29) is 5.69 Å². The lowest BCUT2D eigenvalue weighted by atomic mass is 10.2. The summed E-state index contributed by atoms with van der Waals surface area (Å²) in [7, 11) is 0. The fraction of sp³-hybridized carbons (Fsp3) is 0.250. The van der Waals surface area contributed by atoms with E-state index in [1.807, 2.05) is 0 Å². The predicted molar refractivity (Wildman–Crippen MR) is 66.6 cm³/mol. The number of nitro groups is 1. The van der Waals surface area contributed by atoms with Gasteiger partial charge in [-0.05, 0) is 19.3 Å². The molecule has 19 heavy (non-hydrogen) atoms. The van der Waals surface area contributed by atoms with Crippen molar-refractivity contribution in [2.75, 3.05) is 5.73 Å². The third-order valence-corrected chi connectivity index (χ3v) is 3.28. The molecule has 1 aliphatic rings. The number of nitrogens with two attached hydrogens (primary N) is 1. The third kappa shape index (κ3) is 1.83. The van der Waals surface area contributed by atoms with Crippen molar-refractivity contribution in [3.05, 3.63) is 45.4 Å². The molecule has 0 saturated carbocycles. The molecule has 0 amide bonds. The van der Waals surface area contributed by atoms with Crippen molar-refractivity contribution in [1.29, 1.82) is 0 Å². The molecule has 0 bridgehead atoms. The number of fused-ring (bicyclic) bond motifs is 1. The van der Waals surface area contributed by atoms with Gasteiger partial charge in [-0.15, -0.1) is 0 Å². The Labute approximate surface area is 107 Å². The van der Waals surface area contributed by atoms with Crippen LogP contribution >= 0.6 is 0 Å². The summed E-state index contributed by atoms with van der Waals surface area (Å²) in [5, 5.41) is 14.9. The van der Waals surface area contributed by atoms with Crippen LogP contribution in [0.1, 0.15) is 17.7 Å². The summed E-state index contributed by atoms with van der Waals surface area (Å²) in [4.78, 5) is 10.1. The highest BCUT2D eigenvalue weighted by atomic mass is 19.1. The van der Waals surface area contributed by atoms with Gasteiger partial charge in [-0.1, -0.05) is 0 Å². The Morgan fingerprint density at radius 3 is 2.89 bits per heavy atom. The van der Waals surface area contributed by atoms with Crippen LogP contribution < -0.4 is 5.73 Å². The quantitative estimate of drug-likeness (QED) is 0.662. The molecular weight excluding hydrogens is 251 g/mol. The summed E-state index contributed by atoms with van der Waals surface area (Å²) in [5.41, 5.74) is 7.72. The van der Waals surface area contributed by atoms with Crippen molar-refractivity contribution < 1.29 is 9.31 Å². The second kappa shape index (κ2) is 4.04. The van der Waals surface area contributed by atoms with Crippen molar-refractivity contribution >= 4 is 11.5 Å². The Kier molecular flexibility index (Phi) is 2.48. The molecule has 0 aliphatic heterocycles. The largest absolute Gasteiger partial charge is 0.382 e. The molecule has 2 N–H and O–H groups in total. The number of anilines is 1. The van der Waals surface area contributed by atoms with Gasteiger partial charge in [0.25, 0.3) is 5.69 Å². The average molecular weight is 262 g/mol. The molecule has 0 fully saturated rings. The molecule has 0 saturated heterocycles. The van der Waals surface area contributed by atoms with Crippen LogP contribution in [0.2, 0.25) is 0 Å². The number of nitrogens with zero attached hydrogens (tertiary/aromatic N) is 3.